The van der Waals surface area contributed by atoms with E-state index in [-0.39, 0.29) is 18.8 Å². The maximum atomic E-state index is 12.2. The van der Waals surface area contributed by atoms with Gasteiger partial charge in [0.2, 0.25) is 0 Å². The third-order valence-corrected chi connectivity index (χ3v) is 4.09. The Kier molecular flexibility index (Phi) is 7.87. The van der Waals surface area contributed by atoms with Crippen LogP contribution < -0.4 is 0 Å². The highest BCUT2D eigenvalue weighted by molar-refractivity contribution is 7.86. The van der Waals surface area contributed by atoms with Crippen molar-refractivity contribution < 1.29 is 32.0 Å². The molecule has 8 heteroatoms. The summed E-state index contributed by atoms with van der Waals surface area (Å²) in [6.07, 6.45) is 2.82. The molecule has 7 nitrogen and oxygen atoms in total. The summed E-state index contributed by atoms with van der Waals surface area (Å²) in [5, 5.41) is 0. The van der Waals surface area contributed by atoms with Gasteiger partial charge in [0, 0.05) is 0 Å². The molecule has 0 amide bonds. The summed E-state index contributed by atoms with van der Waals surface area (Å²) in [6.45, 7) is 4.05. The van der Waals surface area contributed by atoms with Crippen molar-refractivity contribution >= 4 is 22.1 Å². The van der Waals surface area contributed by atoms with Crippen LogP contribution >= 0.6 is 0 Å². The minimum atomic E-state index is -4.70. The molecule has 0 fully saturated rings. The van der Waals surface area contributed by atoms with Crippen LogP contribution in [0.3, 0.4) is 0 Å². The molecule has 0 aliphatic carbocycles. The lowest BCUT2D eigenvalue weighted by Gasteiger charge is -2.12. The molecular weight excluding hydrogens is 336 g/mol. The van der Waals surface area contributed by atoms with Gasteiger partial charge >= 0.3 is 11.9 Å². The average Bonchev–Trinajstić information content (AvgIpc) is 2.53. The zero-order valence-corrected chi connectivity index (χ0v) is 14.6. The molecule has 24 heavy (non-hydrogen) atoms. The molecule has 0 spiro atoms. The normalized spacial score (nSPS) is 11.1. The van der Waals surface area contributed by atoms with Gasteiger partial charge in [0.1, 0.15) is 4.90 Å². The molecule has 0 saturated carbocycles. The van der Waals surface area contributed by atoms with Crippen LogP contribution in [-0.4, -0.2) is 38.1 Å². The van der Waals surface area contributed by atoms with E-state index in [9.17, 15) is 22.6 Å². The van der Waals surface area contributed by atoms with Crippen molar-refractivity contribution in [2.75, 3.05) is 13.2 Å². The van der Waals surface area contributed by atoms with E-state index in [0.717, 1.165) is 18.9 Å². The molecule has 0 aliphatic rings. The standard InChI is InChI=1S/C16H22O7S/c1-3-5-10-22-15(17)12-8-7-9-13(24(19,20)21)14(12)16(18)23-11-6-4-2/h7-9H,3-6,10-11H2,1-2H3,(H,19,20,21). The van der Waals surface area contributed by atoms with Crippen LogP contribution in [0, 0.1) is 0 Å². The van der Waals surface area contributed by atoms with Crippen molar-refractivity contribution in [3.05, 3.63) is 29.3 Å². The number of benzene rings is 1. The smallest absolute Gasteiger partial charge is 0.340 e. The van der Waals surface area contributed by atoms with E-state index in [1.807, 2.05) is 13.8 Å². The van der Waals surface area contributed by atoms with Crippen LogP contribution in [0.1, 0.15) is 60.2 Å². The quantitative estimate of drug-likeness (QED) is 0.411. The van der Waals surface area contributed by atoms with E-state index in [0.29, 0.717) is 12.8 Å². The van der Waals surface area contributed by atoms with Crippen LogP contribution in [0.2, 0.25) is 0 Å². The zero-order chi connectivity index (χ0) is 18.2. The van der Waals surface area contributed by atoms with E-state index < -0.39 is 32.5 Å². The van der Waals surface area contributed by atoms with Crippen LogP contribution in [0.15, 0.2) is 23.1 Å². The van der Waals surface area contributed by atoms with Crippen molar-refractivity contribution in [2.24, 2.45) is 0 Å². The number of carbonyl (C=O) groups is 2. The lowest BCUT2D eigenvalue weighted by molar-refractivity contribution is 0.0448. The Morgan fingerprint density at radius 3 is 2.04 bits per heavy atom. The Morgan fingerprint density at radius 1 is 1.00 bits per heavy atom. The second kappa shape index (κ2) is 9.39. The molecule has 0 aromatic heterocycles. The third-order valence-electron chi connectivity index (χ3n) is 3.19. The second-order valence-electron chi connectivity index (χ2n) is 5.13. The Bertz CT molecular complexity index is 680. The number of carbonyl (C=O) groups excluding carboxylic acids is 2. The zero-order valence-electron chi connectivity index (χ0n) is 13.8. The Morgan fingerprint density at radius 2 is 1.54 bits per heavy atom. The summed E-state index contributed by atoms with van der Waals surface area (Å²) in [5.74, 6) is -1.82. The van der Waals surface area contributed by atoms with Gasteiger partial charge in [-0.05, 0) is 25.0 Å². The van der Waals surface area contributed by atoms with Crippen molar-refractivity contribution in [2.45, 2.75) is 44.4 Å². The summed E-state index contributed by atoms with van der Waals surface area (Å²) in [5.41, 5.74) is -0.750. The van der Waals surface area contributed by atoms with Gasteiger partial charge in [-0.15, -0.1) is 0 Å². The lowest BCUT2D eigenvalue weighted by atomic mass is 10.1. The summed E-state index contributed by atoms with van der Waals surface area (Å²) >= 11 is 0. The summed E-state index contributed by atoms with van der Waals surface area (Å²) in [6, 6.07) is 3.55. The van der Waals surface area contributed by atoms with Crippen molar-refractivity contribution in [3.8, 4) is 0 Å². The maximum Gasteiger partial charge on any atom is 0.340 e. The first-order valence-electron chi connectivity index (χ1n) is 7.77. The molecule has 1 N–H and O–H groups in total. The number of rotatable bonds is 9. The molecule has 0 radical (unpaired) electrons. The summed E-state index contributed by atoms with van der Waals surface area (Å²) in [7, 11) is -4.70. The van der Waals surface area contributed by atoms with Crippen LogP contribution in [-0.2, 0) is 19.6 Å². The largest absolute Gasteiger partial charge is 0.462 e. The van der Waals surface area contributed by atoms with E-state index in [4.69, 9.17) is 9.47 Å². The van der Waals surface area contributed by atoms with Gasteiger partial charge in [-0.1, -0.05) is 32.8 Å². The first-order valence-corrected chi connectivity index (χ1v) is 9.21. The van der Waals surface area contributed by atoms with Gasteiger partial charge in [0.05, 0.1) is 24.3 Å². The highest BCUT2D eigenvalue weighted by Gasteiger charge is 2.28. The fourth-order valence-electron chi connectivity index (χ4n) is 1.90. The Labute approximate surface area is 141 Å². The van der Waals surface area contributed by atoms with Crippen LogP contribution in [0.5, 0.6) is 0 Å². The molecule has 1 rings (SSSR count). The number of esters is 2. The molecule has 0 saturated heterocycles. The Hall–Kier alpha value is -1.93. The lowest BCUT2D eigenvalue weighted by Crippen LogP contribution is -2.19. The molecular formula is C16H22O7S. The fraction of sp³-hybridized carbons (Fsp3) is 0.500. The first-order chi connectivity index (χ1) is 11.3. The van der Waals surface area contributed by atoms with Gasteiger partial charge in [-0.3, -0.25) is 4.55 Å². The second-order valence-corrected chi connectivity index (χ2v) is 6.52. The van der Waals surface area contributed by atoms with Gasteiger partial charge in [0.25, 0.3) is 10.1 Å². The van der Waals surface area contributed by atoms with Crippen LogP contribution in [0.4, 0.5) is 0 Å². The number of unbranched alkanes of at least 4 members (excludes halogenated alkanes) is 2. The molecule has 0 heterocycles. The minimum Gasteiger partial charge on any atom is -0.462 e. The number of hydrogen-bond acceptors (Lipinski definition) is 6. The van der Waals surface area contributed by atoms with Crippen molar-refractivity contribution in [1.29, 1.82) is 0 Å². The van der Waals surface area contributed by atoms with Gasteiger partial charge in [0.15, 0.2) is 0 Å². The summed E-state index contributed by atoms with van der Waals surface area (Å²) < 4.78 is 42.4. The highest BCUT2D eigenvalue weighted by Crippen LogP contribution is 2.22. The molecule has 1 aromatic rings. The van der Waals surface area contributed by atoms with Gasteiger partial charge < -0.3 is 9.47 Å². The first kappa shape index (κ1) is 20.1. The average molecular weight is 358 g/mol. The van der Waals surface area contributed by atoms with E-state index in [2.05, 4.69) is 0 Å². The van der Waals surface area contributed by atoms with Gasteiger partial charge in [-0.25, -0.2) is 9.59 Å². The van der Waals surface area contributed by atoms with Gasteiger partial charge in [-0.2, -0.15) is 8.42 Å². The molecule has 0 atom stereocenters. The maximum absolute atomic E-state index is 12.2. The molecule has 0 bridgehead atoms. The Balaban J connectivity index is 3.23. The highest BCUT2D eigenvalue weighted by atomic mass is 32.2. The van der Waals surface area contributed by atoms with E-state index in [1.54, 1.807) is 0 Å². The molecule has 134 valence electrons. The van der Waals surface area contributed by atoms with Crippen molar-refractivity contribution in [3.63, 3.8) is 0 Å². The third kappa shape index (κ3) is 5.61. The monoisotopic (exact) mass is 358 g/mol. The topological polar surface area (TPSA) is 107 Å². The molecule has 1 aromatic carbocycles. The van der Waals surface area contributed by atoms with E-state index >= 15 is 0 Å². The van der Waals surface area contributed by atoms with E-state index in [1.165, 1.54) is 12.1 Å². The predicted molar refractivity (Wildman–Crippen MR) is 86.6 cm³/mol. The number of ether oxygens (including phenoxy) is 2. The SMILES string of the molecule is CCCCOC(=O)c1cccc(S(=O)(=O)O)c1C(=O)OCCCC. The fourth-order valence-corrected chi connectivity index (χ4v) is 2.60. The van der Waals surface area contributed by atoms with Crippen molar-refractivity contribution in [1.82, 2.24) is 0 Å². The molecule has 0 aliphatic heterocycles. The summed E-state index contributed by atoms with van der Waals surface area (Å²) in [4.78, 5) is 23.7. The predicted octanol–water partition coefficient (Wildman–Crippen LogP) is 2.85. The van der Waals surface area contributed by atoms with Crippen LogP contribution in [0.25, 0.3) is 0 Å². The number of hydrogen-bond donors (Lipinski definition) is 1. The minimum absolute atomic E-state index is 0.0828. The molecule has 0 unspecified atom stereocenters.